The Balaban J connectivity index is 1.51. The quantitative estimate of drug-likeness (QED) is 0.492. The summed E-state index contributed by atoms with van der Waals surface area (Å²) in [4.78, 5) is 17.3. The van der Waals surface area contributed by atoms with Crippen LogP contribution in [0.25, 0.3) is 11.0 Å². The zero-order valence-corrected chi connectivity index (χ0v) is 16.7. The fourth-order valence-electron chi connectivity index (χ4n) is 3.11. The SMILES string of the molecule is CC(C)n1ncc2cc(NC(=O)c3ccccc3OCc3ccc(F)cc3)cnc21. The largest absolute Gasteiger partial charge is 0.488 e. The van der Waals surface area contributed by atoms with E-state index in [2.05, 4.69) is 15.4 Å². The van der Waals surface area contributed by atoms with Gasteiger partial charge in [-0.05, 0) is 49.7 Å². The zero-order chi connectivity index (χ0) is 21.1. The van der Waals surface area contributed by atoms with E-state index in [4.69, 9.17) is 4.74 Å². The highest BCUT2D eigenvalue weighted by molar-refractivity contribution is 6.06. The molecule has 6 nitrogen and oxygen atoms in total. The maximum absolute atomic E-state index is 13.1. The summed E-state index contributed by atoms with van der Waals surface area (Å²) >= 11 is 0. The molecule has 0 fully saturated rings. The first kappa shape index (κ1) is 19.6. The summed E-state index contributed by atoms with van der Waals surface area (Å²) in [6.07, 6.45) is 3.35. The highest BCUT2D eigenvalue weighted by Crippen LogP contribution is 2.23. The molecule has 2 aromatic heterocycles. The number of hydrogen-bond donors (Lipinski definition) is 1. The molecule has 2 heterocycles. The lowest BCUT2D eigenvalue weighted by Crippen LogP contribution is -2.14. The van der Waals surface area contributed by atoms with Crippen molar-refractivity contribution in [1.82, 2.24) is 14.8 Å². The lowest BCUT2D eigenvalue weighted by Gasteiger charge is -2.12. The molecule has 0 saturated carbocycles. The van der Waals surface area contributed by atoms with Crippen LogP contribution in [0.5, 0.6) is 5.75 Å². The molecule has 0 atom stereocenters. The monoisotopic (exact) mass is 404 g/mol. The van der Waals surface area contributed by atoms with Gasteiger partial charge >= 0.3 is 0 Å². The third kappa shape index (κ3) is 4.15. The van der Waals surface area contributed by atoms with Gasteiger partial charge in [0.1, 0.15) is 18.2 Å². The Morgan fingerprint density at radius 3 is 2.67 bits per heavy atom. The third-order valence-electron chi connectivity index (χ3n) is 4.62. The number of hydrogen-bond acceptors (Lipinski definition) is 4. The predicted octanol–water partition coefficient (Wildman–Crippen LogP) is 4.98. The minimum absolute atomic E-state index is 0.195. The number of ether oxygens (including phenoxy) is 1. The van der Waals surface area contributed by atoms with Gasteiger partial charge in [-0.15, -0.1) is 0 Å². The van der Waals surface area contributed by atoms with Crippen molar-refractivity contribution in [2.24, 2.45) is 0 Å². The van der Waals surface area contributed by atoms with Crippen molar-refractivity contribution in [2.75, 3.05) is 5.32 Å². The van der Waals surface area contributed by atoms with E-state index in [0.29, 0.717) is 17.0 Å². The molecule has 0 aliphatic heterocycles. The maximum Gasteiger partial charge on any atom is 0.259 e. The summed E-state index contributed by atoms with van der Waals surface area (Å²) in [6, 6.07) is 15.1. The molecule has 152 valence electrons. The number of rotatable bonds is 6. The van der Waals surface area contributed by atoms with Crippen molar-refractivity contribution in [3.8, 4) is 5.75 Å². The third-order valence-corrected chi connectivity index (χ3v) is 4.62. The van der Waals surface area contributed by atoms with Crippen LogP contribution in [-0.2, 0) is 6.61 Å². The van der Waals surface area contributed by atoms with Crippen LogP contribution in [-0.4, -0.2) is 20.7 Å². The Hall–Kier alpha value is -3.74. The normalized spacial score (nSPS) is 11.1. The van der Waals surface area contributed by atoms with Crippen molar-refractivity contribution >= 4 is 22.6 Å². The average Bonchev–Trinajstić information content (AvgIpc) is 3.17. The van der Waals surface area contributed by atoms with Crippen molar-refractivity contribution in [3.63, 3.8) is 0 Å². The highest BCUT2D eigenvalue weighted by Gasteiger charge is 2.14. The Morgan fingerprint density at radius 2 is 1.90 bits per heavy atom. The number of nitrogens with one attached hydrogen (secondary N) is 1. The van der Waals surface area contributed by atoms with Crippen molar-refractivity contribution in [3.05, 3.63) is 83.9 Å². The molecule has 4 rings (SSSR count). The van der Waals surface area contributed by atoms with E-state index in [-0.39, 0.29) is 24.4 Å². The molecule has 0 saturated heterocycles. The van der Waals surface area contributed by atoms with E-state index in [1.54, 1.807) is 48.8 Å². The second-order valence-corrected chi connectivity index (χ2v) is 7.19. The number of para-hydroxylation sites is 1. The van der Waals surface area contributed by atoms with E-state index < -0.39 is 0 Å². The number of halogens is 1. The number of benzene rings is 2. The standard InChI is InChI=1S/C23H21FN4O2/c1-15(2)28-22-17(12-26-28)11-19(13-25-22)27-23(29)20-5-3-4-6-21(20)30-14-16-7-9-18(24)10-8-16/h3-13,15H,14H2,1-2H3,(H,27,29). The molecular formula is C23H21FN4O2. The number of pyridine rings is 1. The molecule has 0 bridgehead atoms. The van der Waals surface area contributed by atoms with Crippen LogP contribution in [0.1, 0.15) is 35.8 Å². The van der Waals surface area contributed by atoms with Gasteiger partial charge in [-0.2, -0.15) is 5.10 Å². The van der Waals surface area contributed by atoms with E-state index in [0.717, 1.165) is 16.6 Å². The van der Waals surface area contributed by atoms with Gasteiger partial charge in [0.25, 0.3) is 5.91 Å². The molecule has 7 heteroatoms. The Kier molecular flexibility index (Phi) is 5.43. The summed E-state index contributed by atoms with van der Waals surface area (Å²) < 4.78 is 20.7. The molecule has 0 aliphatic rings. The number of nitrogens with zero attached hydrogens (tertiary/aromatic N) is 3. The Labute approximate surface area is 173 Å². The second-order valence-electron chi connectivity index (χ2n) is 7.19. The molecule has 1 N–H and O–H groups in total. The van der Waals surface area contributed by atoms with Gasteiger partial charge in [0, 0.05) is 11.4 Å². The summed E-state index contributed by atoms with van der Waals surface area (Å²) in [6.45, 7) is 4.30. The summed E-state index contributed by atoms with van der Waals surface area (Å²) in [5.74, 6) is -0.161. The van der Waals surface area contributed by atoms with E-state index in [1.165, 1.54) is 12.1 Å². The molecular weight excluding hydrogens is 383 g/mol. The molecule has 0 aliphatic carbocycles. The average molecular weight is 404 g/mol. The Morgan fingerprint density at radius 1 is 1.13 bits per heavy atom. The van der Waals surface area contributed by atoms with Gasteiger partial charge in [0.2, 0.25) is 0 Å². The number of anilines is 1. The van der Waals surface area contributed by atoms with E-state index in [9.17, 15) is 9.18 Å². The summed E-state index contributed by atoms with van der Waals surface area (Å²) in [5.41, 5.74) is 2.55. The van der Waals surface area contributed by atoms with E-state index in [1.807, 2.05) is 24.6 Å². The van der Waals surface area contributed by atoms with Crippen LogP contribution in [0.3, 0.4) is 0 Å². The fraction of sp³-hybridized carbons (Fsp3) is 0.174. The molecule has 2 aromatic carbocycles. The topological polar surface area (TPSA) is 69.0 Å². The van der Waals surface area contributed by atoms with E-state index >= 15 is 0 Å². The molecule has 30 heavy (non-hydrogen) atoms. The molecule has 0 spiro atoms. The first-order valence-electron chi connectivity index (χ1n) is 9.62. The maximum atomic E-state index is 13.1. The van der Waals surface area contributed by atoms with Crippen LogP contribution in [0.4, 0.5) is 10.1 Å². The van der Waals surface area contributed by atoms with Crippen LogP contribution < -0.4 is 10.1 Å². The lowest BCUT2D eigenvalue weighted by molar-refractivity contribution is 0.102. The second kappa shape index (κ2) is 8.32. The first-order valence-corrected chi connectivity index (χ1v) is 9.62. The molecule has 1 amide bonds. The van der Waals surface area contributed by atoms with Gasteiger partial charge in [-0.25, -0.2) is 14.1 Å². The molecule has 0 radical (unpaired) electrons. The number of aromatic nitrogens is 3. The van der Waals surface area contributed by atoms with Crippen LogP contribution in [0.2, 0.25) is 0 Å². The molecule has 0 unspecified atom stereocenters. The summed E-state index contributed by atoms with van der Waals surface area (Å²) in [5, 5.41) is 8.06. The number of amides is 1. The minimum atomic E-state index is -0.304. The minimum Gasteiger partial charge on any atom is -0.488 e. The van der Waals surface area contributed by atoms with Gasteiger partial charge < -0.3 is 10.1 Å². The van der Waals surface area contributed by atoms with Crippen LogP contribution in [0.15, 0.2) is 67.0 Å². The number of carbonyl (C=O) groups excluding carboxylic acids is 1. The van der Waals surface area contributed by atoms with Gasteiger partial charge in [-0.1, -0.05) is 24.3 Å². The smallest absolute Gasteiger partial charge is 0.259 e. The first-order chi connectivity index (χ1) is 14.5. The lowest BCUT2D eigenvalue weighted by atomic mass is 10.1. The fourth-order valence-corrected chi connectivity index (χ4v) is 3.11. The number of carbonyl (C=O) groups is 1. The number of fused-ring (bicyclic) bond motifs is 1. The zero-order valence-electron chi connectivity index (χ0n) is 16.7. The van der Waals surface area contributed by atoms with Crippen molar-refractivity contribution in [1.29, 1.82) is 0 Å². The Bertz CT molecular complexity index is 1190. The van der Waals surface area contributed by atoms with Crippen molar-refractivity contribution < 1.29 is 13.9 Å². The van der Waals surface area contributed by atoms with Crippen LogP contribution in [0, 0.1) is 5.82 Å². The van der Waals surface area contributed by atoms with Crippen LogP contribution >= 0.6 is 0 Å². The van der Waals surface area contributed by atoms with Gasteiger partial charge in [-0.3, -0.25) is 4.79 Å². The van der Waals surface area contributed by atoms with Gasteiger partial charge in [0.05, 0.1) is 23.6 Å². The van der Waals surface area contributed by atoms with Crippen molar-refractivity contribution in [2.45, 2.75) is 26.5 Å². The summed E-state index contributed by atoms with van der Waals surface area (Å²) in [7, 11) is 0. The van der Waals surface area contributed by atoms with Gasteiger partial charge in [0.15, 0.2) is 5.65 Å². The predicted molar refractivity (Wildman–Crippen MR) is 113 cm³/mol. The highest BCUT2D eigenvalue weighted by atomic mass is 19.1. The molecule has 4 aromatic rings.